The average Bonchev–Trinajstić information content (AvgIpc) is 3.15. The van der Waals surface area contributed by atoms with Gasteiger partial charge in [0.1, 0.15) is 0 Å². The lowest BCUT2D eigenvalue weighted by atomic mass is 9.52. The van der Waals surface area contributed by atoms with Crippen molar-refractivity contribution < 1.29 is 4.74 Å². The van der Waals surface area contributed by atoms with Gasteiger partial charge in [-0.25, -0.2) is 0 Å². The van der Waals surface area contributed by atoms with E-state index in [2.05, 4.69) is 23.1 Å². The van der Waals surface area contributed by atoms with Gasteiger partial charge in [0.25, 0.3) is 0 Å². The van der Waals surface area contributed by atoms with Crippen LogP contribution in [0.4, 0.5) is 0 Å². The van der Waals surface area contributed by atoms with Gasteiger partial charge in [-0.2, -0.15) is 5.26 Å². The van der Waals surface area contributed by atoms with Gasteiger partial charge in [0, 0.05) is 25.4 Å². The summed E-state index contributed by atoms with van der Waals surface area (Å²) in [5.74, 6) is 3.34. The van der Waals surface area contributed by atoms with Crippen LogP contribution in [0.2, 0.25) is 0 Å². The average molecular weight is 349 g/mol. The Hall–Kier alpha value is -1.86. The predicted molar refractivity (Wildman–Crippen MR) is 101 cm³/mol. The van der Waals surface area contributed by atoms with Gasteiger partial charge >= 0.3 is 0 Å². The van der Waals surface area contributed by atoms with E-state index in [1.54, 1.807) is 0 Å². The second-order valence-electron chi connectivity index (χ2n) is 8.44. The van der Waals surface area contributed by atoms with Gasteiger partial charge in [-0.3, -0.25) is 4.99 Å². The maximum atomic E-state index is 9.14. The molecule has 3 saturated carbocycles. The van der Waals surface area contributed by atoms with Crippen LogP contribution in [0.5, 0.6) is 0 Å². The molecule has 1 spiro atoms. The number of ether oxygens (including phenoxy) is 1. The van der Waals surface area contributed by atoms with Crippen LogP contribution in [-0.2, 0) is 4.74 Å². The van der Waals surface area contributed by atoms with Gasteiger partial charge in [-0.05, 0) is 61.6 Å². The number of morpholine rings is 1. The van der Waals surface area contributed by atoms with E-state index in [4.69, 9.17) is 15.0 Å². The van der Waals surface area contributed by atoms with Gasteiger partial charge in [0.2, 0.25) is 0 Å². The number of nitriles is 1. The van der Waals surface area contributed by atoms with E-state index in [0.717, 1.165) is 50.1 Å². The monoisotopic (exact) mass is 349 g/mol. The zero-order valence-corrected chi connectivity index (χ0v) is 15.4. The molecule has 1 aromatic carbocycles. The molecule has 26 heavy (non-hydrogen) atoms. The molecule has 5 aliphatic rings. The number of fused-ring (bicyclic) bond motifs is 2. The van der Waals surface area contributed by atoms with Crippen molar-refractivity contribution in [2.75, 3.05) is 26.3 Å². The second kappa shape index (κ2) is 6.39. The van der Waals surface area contributed by atoms with Crippen LogP contribution in [-0.4, -0.2) is 42.6 Å². The smallest absolute Gasteiger partial charge is 0.0998 e. The van der Waals surface area contributed by atoms with Crippen LogP contribution in [0, 0.1) is 23.2 Å². The van der Waals surface area contributed by atoms with Gasteiger partial charge in [0.15, 0.2) is 0 Å². The molecule has 4 fully saturated rings. The van der Waals surface area contributed by atoms with Crippen molar-refractivity contribution in [2.45, 2.75) is 50.0 Å². The molecule has 2 heterocycles. The highest BCUT2D eigenvalue weighted by Crippen LogP contribution is 2.60. The van der Waals surface area contributed by atoms with Gasteiger partial charge in [0.05, 0.1) is 36.2 Å². The Morgan fingerprint density at radius 2 is 1.81 bits per heavy atom. The molecule has 4 nitrogen and oxygen atoms in total. The van der Waals surface area contributed by atoms with Crippen LogP contribution in [0.25, 0.3) is 0 Å². The largest absolute Gasteiger partial charge is 0.378 e. The topological polar surface area (TPSA) is 48.6 Å². The summed E-state index contributed by atoms with van der Waals surface area (Å²) in [5.41, 5.74) is 2.27. The van der Waals surface area contributed by atoms with Crippen molar-refractivity contribution in [3.8, 4) is 6.07 Å². The first-order valence-electron chi connectivity index (χ1n) is 10.2. The molecule has 0 N–H and O–H groups in total. The van der Waals surface area contributed by atoms with E-state index in [-0.39, 0.29) is 5.54 Å². The zero-order valence-electron chi connectivity index (χ0n) is 15.4. The quantitative estimate of drug-likeness (QED) is 0.776. The van der Waals surface area contributed by atoms with E-state index >= 15 is 0 Å². The first kappa shape index (κ1) is 16.3. The predicted octanol–water partition coefficient (Wildman–Crippen LogP) is 3.73. The van der Waals surface area contributed by atoms with E-state index in [9.17, 15) is 0 Å². The van der Waals surface area contributed by atoms with E-state index in [1.165, 1.54) is 43.5 Å². The summed E-state index contributed by atoms with van der Waals surface area (Å²) in [6.45, 7) is 3.64. The molecule has 0 aromatic heterocycles. The standard InChI is InChI=1S/C22H27N3O/c23-15-16-1-3-17(4-2-16)21-18-5-7-19(8-6-18)22(21)10-9-20(24-22)25-11-13-26-14-12-25/h1-4,18-19,21H,5-14H2. The molecule has 1 aromatic rings. The molecule has 3 aliphatic carbocycles. The van der Waals surface area contributed by atoms with Crippen molar-refractivity contribution in [3.05, 3.63) is 35.4 Å². The molecule has 2 atom stereocenters. The maximum absolute atomic E-state index is 9.14. The summed E-state index contributed by atoms with van der Waals surface area (Å²) in [6, 6.07) is 10.6. The van der Waals surface area contributed by atoms with E-state index in [0.29, 0.717) is 5.92 Å². The SMILES string of the molecule is N#Cc1ccc(C2C3CCC(CC3)C23CCC(N2CCOCC2)=N3)cc1. The van der Waals surface area contributed by atoms with Crippen LogP contribution >= 0.6 is 0 Å². The number of benzene rings is 1. The summed E-state index contributed by atoms with van der Waals surface area (Å²) in [4.78, 5) is 7.98. The number of hydrogen-bond donors (Lipinski definition) is 0. The fourth-order valence-corrected chi connectivity index (χ4v) is 6.18. The highest BCUT2D eigenvalue weighted by molar-refractivity contribution is 5.85. The van der Waals surface area contributed by atoms with Crippen LogP contribution in [0.1, 0.15) is 55.6 Å². The van der Waals surface area contributed by atoms with Crippen molar-refractivity contribution in [2.24, 2.45) is 16.8 Å². The summed E-state index contributed by atoms with van der Waals surface area (Å²) in [5, 5.41) is 9.14. The molecule has 2 aliphatic heterocycles. The second-order valence-corrected chi connectivity index (χ2v) is 8.44. The molecule has 4 heteroatoms. The lowest BCUT2D eigenvalue weighted by Gasteiger charge is -2.54. The molecule has 6 rings (SSSR count). The Kier molecular flexibility index (Phi) is 4.01. The lowest BCUT2D eigenvalue weighted by Crippen LogP contribution is -2.51. The van der Waals surface area contributed by atoms with Gasteiger partial charge < -0.3 is 9.64 Å². The van der Waals surface area contributed by atoms with Crippen LogP contribution < -0.4 is 0 Å². The van der Waals surface area contributed by atoms with Crippen LogP contribution in [0.15, 0.2) is 29.3 Å². The molecule has 0 amide bonds. The zero-order chi connectivity index (χ0) is 17.6. The molecule has 136 valence electrons. The number of aliphatic imine (C=N–C) groups is 1. The molecule has 2 unspecified atom stereocenters. The van der Waals surface area contributed by atoms with Crippen molar-refractivity contribution >= 4 is 5.84 Å². The number of hydrogen-bond acceptors (Lipinski definition) is 4. The number of nitrogens with zero attached hydrogens (tertiary/aromatic N) is 3. The van der Waals surface area contributed by atoms with Crippen molar-refractivity contribution in [1.29, 1.82) is 5.26 Å². The molecular formula is C22H27N3O. The van der Waals surface area contributed by atoms with E-state index < -0.39 is 0 Å². The fraction of sp³-hybridized carbons (Fsp3) is 0.636. The van der Waals surface area contributed by atoms with Crippen LogP contribution in [0.3, 0.4) is 0 Å². The third-order valence-corrected chi connectivity index (χ3v) is 7.35. The van der Waals surface area contributed by atoms with E-state index in [1.807, 2.05) is 12.1 Å². The van der Waals surface area contributed by atoms with Gasteiger partial charge in [-0.15, -0.1) is 0 Å². The van der Waals surface area contributed by atoms with Crippen molar-refractivity contribution in [3.63, 3.8) is 0 Å². The van der Waals surface area contributed by atoms with Crippen molar-refractivity contribution in [1.82, 2.24) is 4.90 Å². The Morgan fingerprint density at radius 1 is 1.08 bits per heavy atom. The van der Waals surface area contributed by atoms with Gasteiger partial charge in [-0.1, -0.05) is 12.1 Å². The summed E-state index contributed by atoms with van der Waals surface area (Å²) < 4.78 is 5.53. The Balaban J connectivity index is 1.52. The minimum Gasteiger partial charge on any atom is -0.378 e. The Bertz CT molecular complexity index is 736. The Morgan fingerprint density at radius 3 is 2.50 bits per heavy atom. The number of amidine groups is 1. The highest BCUT2D eigenvalue weighted by Gasteiger charge is 2.56. The minimum atomic E-state index is 0.100. The molecular weight excluding hydrogens is 322 g/mol. The lowest BCUT2D eigenvalue weighted by molar-refractivity contribution is 0.0425. The number of rotatable bonds is 1. The first-order chi connectivity index (χ1) is 12.8. The maximum Gasteiger partial charge on any atom is 0.0998 e. The minimum absolute atomic E-state index is 0.100. The Labute approximate surface area is 155 Å². The summed E-state index contributed by atoms with van der Waals surface area (Å²) in [7, 11) is 0. The third-order valence-electron chi connectivity index (χ3n) is 7.35. The molecule has 2 bridgehead atoms. The first-order valence-corrected chi connectivity index (χ1v) is 10.2. The fourth-order valence-electron chi connectivity index (χ4n) is 6.18. The molecule has 1 saturated heterocycles. The third kappa shape index (κ3) is 2.48. The highest BCUT2D eigenvalue weighted by atomic mass is 16.5. The molecule has 0 radical (unpaired) electrons. The normalized spacial score (nSPS) is 36.2. The summed E-state index contributed by atoms with van der Waals surface area (Å²) >= 11 is 0. The summed E-state index contributed by atoms with van der Waals surface area (Å²) in [6.07, 6.45) is 7.70.